The fourth-order valence-electron chi connectivity index (χ4n) is 0.465. The first kappa shape index (κ1) is 11.5. The number of hydrogen-bond acceptors (Lipinski definition) is 4. The van der Waals surface area contributed by atoms with Crippen LogP contribution in [0.2, 0.25) is 0 Å². The number of carbonyl (C=O) groups is 1. The van der Waals surface area contributed by atoms with Crippen LogP contribution >= 0.6 is 7.60 Å². The summed E-state index contributed by atoms with van der Waals surface area (Å²) in [7, 11) is -4.64. The van der Waals surface area contributed by atoms with Crippen LogP contribution in [0.15, 0.2) is 0 Å². The smallest absolute Gasteiger partial charge is 0.353 e. The second-order valence-electron chi connectivity index (χ2n) is 2.25. The number of aliphatic hydroxyl groups is 1. The Bertz CT molecular complexity index is 212. The molecular formula is C4H10NO6P. The van der Waals surface area contributed by atoms with Gasteiger partial charge in [0.15, 0.2) is 5.85 Å². The Balaban J connectivity index is 4.11. The van der Waals surface area contributed by atoms with E-state index >= 15 is 0 Å². The lowest BCUT2D eigenvalue weighted by Gasteiger charge is -2.13. The monoisotopic (exact) mass is 199 g/mol. The van der Waals surface area contributed by atoms with Crippen LogP contribution in [0.3, 0.4) is 0 Å². The fraction of sp³-hybridized carbons (Fsp3) is 0.750. The summed E-state index contributed by atoms with van der Waals surface area (Å²) in [4.78, 5) is 26.7. The molecule has 0 aromatic rings. The van der Waals surface area contributed by atoms with Crippen LogP contribution in [0.4, 0.5) is 0 Å². The maximum atomic E-state index is 10.3. The van der Waals surface area contributed by atoms with E-state index in [1.165, 1.54) is 0 Å². The maximum absolute atomic E-state index is 10.3. The van der Waals surface area contributed by atoms with E-state index in [9.17, 15) is 9.36 Å². The molecule has 0 aliphatic carbocycles. The molecule has 0 fully saturated rings. The predicted octanol–water partition coefficient (Wildman–Crippen LogP) is -1.72. The van der Waals surface area contributed by atoms with Crippen molar-refractivity contribution < 1.29 is 29.4 Å². The van der Waals surface area contributed by atoms with Crippen molar-refractivity contribution in [1.82, 2.24) is 0 Å². The molecule has 8 heteroatoms. The molecule has 0 aliphatic rings. The Morgan fingerprint density at radius 3 is 2.17 bits per heavy atom. The van der Waals surface area contributed by atoms with E-state index in [1.54, 1.807) is 0 Å². The van der Waals surface area contributed by atoms with E-state index in [0.29, 0.717) is 0 Å². The van der Waals surface area contributed by atoms with E-state index in [-0.39, 0.29) is 0 Å². The molecule has 7 nitrogen and oxygen atoms in total. The Kier molecular flexibility index (Phi) is 3.82. The van der Waals surface area contributed by atoms with Gasteiger partial charge in [0, 0.05) is 6.42 Å². The first-order valence-electron chi connectivity index (χ1n) is 2.97. The van der Waals surface area contributed by atoms with Crippen molar-refractivity contribution in [3.63, 3.8) is 0 Å². The van der Waals surface area contributed by atoms with Gasteiger partial charge in [0.25, 0.3) is 0 Å². The molecule has 0 bridgehead atoms. The normalized spacial score (nSPS) is 17.0. The number of hydrogen-bond donors (Lipinski definition) is 5. The molecule has 0 aromatic carbocycles. The van der Waals surface area contributed by atoms with Crippen molar-refractivity contribution in [2.75, 3.05) is 0 Å². The largest absolute Gasteiger partial charge is 0.480 e. The second kappa shape index (κ2) is 3.97. The van der Waals surface area contributed by atoms with Gasteiger partial charge in [-0.3, -0.25) is 9.36 Å². The van der Waals surface area contributed by atoms with Gasteiger partial charge >= 0.3 is 13.6 Å². The quantitative estimate of drug-likeness (QED) is 0.339. The van der Waals surface area contributed by atoms with Crippen molar-refractivity contribution in [3.05, 3.63) is 0 Å². The molecule has 0 heterocycles. The van der Waals surface area contributed by atoms with Crippen molar-refractivity contribution in [2.45, 2.75) is 18.3 Å². The summed E-state index contributed by atoms with van der Waals surface area (Å²) >= 11 is 0. The van der Waals surface area contributed by atoms with E-state index in [2.05, 4.69) is 0 Å². The summed E-state index contributed by atoms with van der Waals surface area (Å²) < 4.78 is 10.3. The van der Waals surface area contributed by atoms with Gasteiger partial charge < -0.3 is 25.7 Å². The molecular weight excluding hydrogens is 189 g/mol. The second-order valence-corrected chi connectivity index (χ2v) is 4.02. The molecule has 0 aromatic heterocycles. The molecule has 0 aliphatic heterocycles. The lowest BCUT2D eigenvalue weighted by atomic mass is 10.2. The zero-order valence-corrected chi connectivity index (χ0v) is 6.89. The SMILES string of the molecule is NC(CC(O)P(=O)(O)O)C(=O)O. The predicted molar refractivity (Wildman–Crippen MR) is 38.3 cm³/mol. The molecule has 0 saturated carbocycles. The standard InChI is InChI=1S/C4H10NO6P/c5-2(4(7)8)1-3(6)12(9,10)11/h2-3,6H,1,5H2,(H,7,8)(H2,9,10,11). The third-order valence-corrected chi connectivity index (χ3v) is 2.16. The highest BCUT2D eigenvalue weighted by Gasteiger charge is 2.30. The molecule has 6 N–H and O–H groups in total. The average molecular weight is 199 g/mol. The lowest BCUT2D eigenvalue weighted by Crippen LogP contribution is -2.33. The van der Waals surface area contributed by atoms with Crippen LogP contribution in [-0.2, 0) is 9.36 Å². The highest BCUT2D eigenvalue weighted by atomic mass is 31.2. The van der Waals surface area contributed by atoms with Crippen LogP contribution in [0.25, 0.3) is 0 Å². The summed E-state index contributed by atoms with van der Waals surface area (Å²) in [6.45, 7) is 0. The zero-order valence-electron chi connectivity index (χ0n) is 5.99. The maximum Gasteiger partial charge on any atom is 0.353 e. The van der Waals surface area contributed by atoms with E-state index < -0.39 is 31.9 Å². The van der Waals surface area contributed by atoms with Gasteiger partial charge in [0.1, 0.15) is 6.04 Å². The summed E-state index contributed by atoms with van der Waals surface area (Å²) in [6, 6.07) is -1.47. The van der Waals surface area contributed by atoms with Gasteiger partial charge in [-0.1, -0.05) is 0 Å². The number of aliphatic hydroxyl groups excluding tert-OH is 1. The molecule has 0 spiro atoms. The van der Waals surface area contributed by atoms with E-state index in [4.69, 9.17) is 25.7 Å². The number of carboxylic acids is 1. The summed E-state index contributed by atoms with van der Waals surface area (Å²) in [6.07, 6.45) is -0.667. The van der Waals surface area contributed by atoms with E-state index in [0.717, 1.165) is 0 Å². The first-order chi connectivity index (χ1) is 5.25. The van der Waals surface area contributed by atoms with Gasteiger partial charge in [-0.2, -0.15) is 0 Å². The van der Waals surface area contributed by atoms with Gasteiger partial charge in [-0.05, 0) is 0 Å². The number of rotatable bonds is 4. The van der Waals surface area contributed by atoms with Crippen LogP contribution in [0, 0.1) is 0 Å². The zero-order chi connectivity index (χ0) is 9.94. The highest BCUT2D eigenvalue weighted by Crippen LogP contribution is 2.41. The number of aliphatic carboxylic acids is 1. The Morgan fingerprint density at radius 2 is 1.92 bits per heavy atom. The Morgan fingerprint density at radius 1 is 1.50 bits per heavy atom. The molecule has 2 atom stereocenters. The van der Waals surface area contributed by atoms with Crippen LogP contribution in [-0.4, -0.2) is 37.9 Å². The fourth-order valence-corrected chi connectivity index (χ4v) is 0.967. The molecule has 2 unspecified atom stereocenters. The molecule has 72 valence electrons. The van der Waals surface area contributed by atoms with Crippen LogP contribution in [0.5, 0.6) is 0 Å². The minimum Gasteiger partial charge on any atom is -0.480 e. The summed E-state index contributed by atoms with van der Waals surface area (Å²) in [5.41, 5.74) is 4.91. The minimum atomic E-state index is -4.64. The molecule has 0 saturated heterocycles. The highest BCUT2D eigenvalue weighted by molar-refractivity contribution is 7.52. The van der Waals surface area contributed by atoms with Gasteiger partial charge in [-0.25, -0.2) is 0 Å². The van der Waals surface area contributed by atoms with Crippen molar-refractivity contribution >= 4 is 13.6 Å². The van der Waals surface area contributed by atoms with Crippen LogP contribution in [0.1, 0.15) is 6.42 Å². The molecule has 12 heavy (non-hydrogen) atoms. The molecule has 0 radical (unpaired) electrons. The lowest BCUT2D eigenvalue weighted by molar-refractivity contribution is -0.139. The van der Waals surface area contributed by atoms with Crippen molar-refractivity contribution in [1.29, 1.82) is 0 Å². The summed E-state index contributed by atoms with van der Waals surface area (Å²) in [5.74, 6) is -3.42. The topological polar surface area (TPSA) is 141 Å². The Labute approximate surface area is 68.0 Å². The van der Waals surface area contributed by atoms with Crippen molar-refractivity contribution in [2.24, 2.45) is 5.73 Å². The number of carboxylic acid groups (broad SMARTS) is 1. The van der Waals surface area contributed by atoms with Crippen molar-refractivity contribution in [3.8, 4) is 0 Å². The third kappa shape index (κ3) is 3.80. The van der Waals surface area contributed by atoms with Gasteiger partial charge in [0.2, 0.25) is 0 Å². The van der Waals surface area contributed by atoms with Gasteiger partial charge in [0.05, 0.1) is 0 Å². The average Bonchev–Trinajstić information content (AvgIpc) is 1.85. The van der Waals surface area contributed by atoms with Gasteiger partial charge in [-0.15, -0.1) is 0 Å². The molecule has 0 amide bonds. The van der Waals surface area contributed by atoms with E-state index in [1.807, 2.05) is 0 Å². The first-order valence-corrected chi connectivity index (χ1v) is 4.65. The molecule has 0 rings (SSSR count). The minimum absolute atomic E-state index is 0.667. The van der Waals surface area contributed by atoms with Crippen LogP contribution < -0.4 is 5.73 Å². The third-order valence-electron chi connectivity index (χ3n) is 1.17. The number of nitrogens with two attached hydrogens (primary N) is 1. The summed E-state index contributed by atoms with van der Waals surface area (Å²) in [5, 5.41) is 16.9. The Hall–Kier alpha value is -0.460.